The molecule has 0 spiro atoms. The summed E-state index contributed by atoms with van der Waals surface area (Å²) in [5.41, 5.74) is 0.738. The molecule has 0 saturated carbocycles. The van der Waals surface area contributed by atoms with Gasteiger partial charge in [-0.3, -0.25) is 9.36 Å². The van der Waals surface area contributed by atoms with Crippen molar-refractivity contribution in [1.29, 1.82) is 0 Å². The van der Waals surface area contributed by atoms with Gasteiger partial charge in [0, 0.05) is 6.04 Å². The molecule has 20 heavy (non-hydrogen) atoms. The first kappa shape index (κ1) is 15.0. The van der Waals surface area contributed by atoms with Crippen molar-refractivity contribution in [2.24, 2.45) is 5.92 Å². The lowest BCUT2D eigenvalue weighted by Crippen LogP contribution is -2.28. The second kappa shape index (κ2) is 6.40. The number of fused-ring (bicyclic) bond motifs is 1. The van der Waals surface area contributed by atoms with Crippen LogP contribution in [0.3, 0.4) is 0 Å². The van der Waals surface area contributed by atoms with Crippen molar-refractivity contribution in [2.75, 3.05) is 0 Å². The quantitative estimate of drug-likeness (QED) is 0.777. The van der Waals surface area contributed by atoms with Crippen LogP contribution in [0.15, 0.2) is 29.1 Å². The van der Waals surface area contributed by atoms with Crippen LogP contribution >= 0.6 is 11.6 Å². The fraction of sp³-hybridized carbons (Fsp3) is 0.500. The summed E-state index contributed by atoms with van der Waals surface area (Å²) in [6.07, 6.45) is 2.07. The first-order valence-corrected chi connectivity index (χ1v) is 7.68. The molecule has 1 aromatic heterocycles. The number of hydrogen-bond donors (Lipinski definition) is 0. The van der Waals surface area contributed by atoms with Crippen LogP contribution in [0.4, 0.5) is 0 Å². The summed E-state index contributed by atoms with van der Waals surface area (Å²) in [4.78, 5) is 17.2. The largest absolute Gasteiger partial charge is 0.292 e. The third kappa shape index (κ3) is 2.88. The predicted octanol–water partition coefficient (Wildman–Crippen LogP) is 4.13. The van der Waals surface area contributed by atoms with E-state index in [1.165, 1.54) is 0 Å². The predicted molar refractivity (Wildman–Crippen MR) is 84.3 cm³/mol. The van der Waals surface area contributed by atoms with Gasteiger partial charge in [-0.2, -0.15) is 0 Å². The summed E-state index contributed by atoms with van der Waals surface area (Å²) in [7, 11) is 0. The zero-order valence-electron chi connectivity index (χ0n) is 12.3. The molecule has 2 aromatic rings. The molecule has 4 heteroatoms. The normalized spacial score (nSPS) is 14.4. The average Bonchev–Trinajstić information content (AvgIpc) is 2.46. The van der Waals surface area contributed by atoms with E-state index in [9.17, 15) is 4.79 Å². The van der Waals surface area contributed by atoms with E-state index in [1.54, 1.807) is 4.57 Å². The van der Waals surface area contributed by atoms with Crippen LogP contribution in [0, 0.1) is 5.92 Å². The third-order valence-corrected chi connectivity index (χ3v) is 4.12. The zero-order chi connectivity index (χ0) is 14.7. The van der Waals surface area contributed by atoms with Crippen molar-refractivity contribution >= 4 is 22.5 Å². The molecule has 2 atom stereocenters. The number of aromatic nitrogens is 2. The minimum absolute atomic E-state index is 0.0158. The number of rotatable bonds is 5. The Hall–Kier alpha value is -1.35. The van der Waals surface area contributed by atoms with Gasteiger partial charge in [-0.25, -0.2) is 4.98 Å². The number of para-hydroxylation sites is 1. The van der Waals surface area contributed by atoms with E-state index in [-0.39, 0.29) is 17.5 Å². The lowest BCUT2D eigenvalue weighted by Gasteiger charge is -2.21. The summed E-state index contributed by atoms with van der Waals surface area (Å²) >= 11 is 6.00. The van der Waals surface area contributed by atoms with Gasteiger partial charge in [0.1, 0.15) is 5.82 Å². The summed E-state index contributed by atoms with van der Waals surface area (Å²) in [6, 6.07) is 7.56. The maximum absolute atomic E-state index is 12.7. The zero-order valence-corrected chi connectivity index (χ0v) is 13.0. The molecule has 2 rings (SSSR count). The standard InChI is InChI=1S/C16H21ClN2O/c1-4-11(2)9-12(3)19-15(10-17)18-14-8-6-5-7-13(14)16(19)20/h5-8,11-12H,4,9-10H2,1-3H3. The van der Waals surface area contributed by atoms with Crippen LogP contribution in [-0.2, 0) is 5.88 Å². The second-order valence-corrected chi connectivity index (χ2v) is 5.72. The van der Waals surface area contributed by atoms with Gasteiger partial charge in [0.25, 0.3) is 5.56 Å². The molecule has 1 aromatic carbocycles. The summed E-state index contributed by atoms with van der Waals surface area (Å²) in [6.45, 7) is 6.44. The summed E-state index contributed by atoms with van der Waals surface area (Å²) in [5, 5.41) is 0.664. The Balaban J connectivity index is 2.56. The Kier molecular flexibility index (Phi) is 4.81. The second-order valence-electron chi connectivity index (χ2n) is 5.45. The number of halogens is 1. The molecule has 0 saturated heterocycles. The molecule has 0 N–H and O–H groups in total. The van der Waals surface area contributed by atoms with Crippen molar-refractivity contribution in [2.45, 2.75) is 45.5 Å². The van der Waals surface area contributed by atoms with Crippen molar-refractivity contribution in [3.8, 4) is 0 Å². The maximum Gasteiger partial charge on any atom is 0.261 e. The van der Waals surface area contributed by atoms with Crippen molar-refractivity contribution < 1.29 is 0 Å². The molecule has 0 radical (unpaired) electrons. The fourth-order valence-corrected chi connectivity index (χ4v) is 2.78. The van der Waals surface area contributed by atoms with Crippen molar-refractivity contribution in [3.05, 3.63) is 40.4 Å². The van der Waals surface area contributed by atoms with Gasteiger partial charge in [0.15, 0.2) is 0 Å². The fourth-order valence-electron chi connectivity index (χ4n) is 2.60. The highest BCUT2D eigenvalue weighted by atomic mass is 35.5. The molecule has 0 amide bonds. The van der Waals surface area contributed by atoms with Crippen LogP contribution in [0.2, 0.25) is 0 Å². The van der Waals surface area contributed by atoms with E-state index < -0.39 is 0 Å². The van der Waals surface area contributed by atoms with Gasteiger partial charge in [-0.05, 0) is 31.4 Å². The van der Waals surface area contributed by atoms with E-state index in [2.05, 4.69) is 25.8 Å². The lowest BCUT2D eigenvalue weighted by atomic mass is 10.00. The molecule has 0 aliphatic heterocycles. The number of nitrogens with zero attached hydrogens (tertiary/aromatic N) is 2. The molecular formula is C16H21ClN2O. The van der Waals surface area contributed by atoms with Crippen molar-refractivity contribution in [1.82, 2.24) is 9.55 Å². The van der Waals surface area contributed by atoms with E-state index >= 15 is 0 Å². The van der Waals surface area contributed by atoms with Crippen molar-refractivity contribution in [3.63, 3.8) is 0 Å². The monoisotopic (exact) mass is 292 g/mol. The number of benzene rings is 1. The topological polar surface area (TPSA) is 34.9 Å². The highest BCUT2D eigenvalue weighted by Gasteiger charge is 2.16. The molecule has 3 nitrogen and oxygen atoms in total. The highest BCUT2D eigenvalue weighted by molar-refractivity contribution is 6.16. The number of hydrogen-bond acceptors (Lipinski definition) is 2. The average molecular weight is 293 g/mol. The Morgan fingerprint density at radius 1 is 1.30 bits per heavy atom. The number of alkyl halides is 1. The van der Waals surface area contributed by atoms with Gasteiger partial charge < -0.3 is 0 Å². The summed E-state index contributed by atoms with van der Waals surface area (Å²) in [5.74, 6) is 1.49. The Bertz CT molecular complexity index is 650. The van der Waals surface area contributed by atoms with E-state index in [0.717, 1.165) is 18.4 Å². The Morgan fingerprint density at radius 3 is 2.65 bits per heavy atom. The van der Waals surface area contributed by atoms with Crippen LogP contribution in [0.1, 0.15) is 45.5 Å². The van der Waals surface area contributed by atoms with E-state index in [4.69, 9.17) is 11.6 Å². The Labute approximate surface area is 124 Å². The van der Waals surface area contributed by atoms with Crippen LogP contribution in [0.25, 0.3) is 10.9 Å². The van der Waals surface area contributed by atoms with Crippen LogP contribution < -0.4 is 5.56 Å². The first-order valence-electron chi connectivity index (χ1n) is 7.14. The molecular weight excluding hydrogens is 272 g/mol. The molecule has 0 aliphatic carbocycles. The smallest absolute Gasteiger partial charge is 0.261 e. The van der Waals surface area contributed by atoms with Gasteiger partial charge in [-0.15, -0.1) is 11.6 Å². The molecule has 0 fully saturated rings. The molecule has 0 bridgehead atoms. The molecule has 0 aliphatic rings. The molecule has 2 unspecified atom stereocenters. The summed E-state index contributed by atoms with van der Waals surface area (Å²) < 4.78 is 1.77. The van der Waals surface area contributed by atoms with Gasteiger partial charge in [-0.1, -0.05) is 32.4 Å². The maximum atomic E-state index is 12.7. The molecule has 108 valence electrons. The van der Waals surface area contributed by atoms with Gasteiger partial charge in [0.2, 0.25) is 0 Å². The van der Waals surface area contributed by atoms with E-state index in [1.807, 2.05) is 24.3 Å². The van der Waals surface area contributed by atoms with Crippen LogP contribution in [0.5, 0.6) is 0 Å². The lowest BCUT2D eigenvalue weighted by molar-refractivity contribution is 0.384. The van der Waals surface area contributed by atoms with E-state index in [0.29, 0.717) is 17.1 Å². The van der Waals surface area contributed by atoms with Gasteiger partial charge in [0.05, 0.1) is 16.8 Å². The Morgan fingerprint density at radius 2 is 2.00 bits per heavy atom. The van der Waals surface area contributed by atoms with Crippen LogP contribution in [-0.4, -0.2) is 9.55 Å². The first-order chi connectivity index (χ1) is 9.58. The highest BCUT2D eigenvalue weighted by Crippen LogP contribution is 2.21. The minimum Gasteiger partial charge on any atom is -0.292 e. The minimum atomic E-state index is 0.0158. The SMILES string of the molecule is CCC(C)CC(C)n1c(CCl)nc2ccccc2c1=O. The molecule has 1 heterocycles. The van der Waals surface area contributed by atoms with Gasteiger partial charge >= 0.3 is 0 Å². The third-order valence-electron chi connectivity index (χ3n) is 3.88.